The molecule has 5 nitrogen and oxygen atoms in total. The Morgan fingerprint density at radius 2 is 2.17 bits per heavy atom. The van der Waals surface area contributed by atoms with Gasteiger partial charge in [0.25, 0.3) is 0 Å². The third-order valence-corrected chi connectivity index (χ3v) is 4.08. The van der Waals surface area contributed by atoms with Crippen molar-refractivity contribution in [3.05, 3.63) is 64.4 Å². The summed E-state index contributed by atoms with van der Waals surface area (Å²) in [5.74, 6) is -1.00. The number of nitrogens with one attached hydrogen (secondary N) is 1. The number of carbonyl (C=O) groups is 1. The van der Waals surface area contributed by atoms with Crippen molar-refractivity contribution < 1.29 is 14.6 Å². The summed E-state index contributed by atoms with van der Waals surface area (Å²) in [6.45, 7) is 2.59. The number of benzene rings is 1. The van der Waals surface area contributed by atoms with Crippen molar-refractivity contribution in [1.29, 1.82) is 0 Å². The number of aromatic nitrogens is 2. The Morgan fingerprint density at radius 1 is 1.38 bits per heavy atom. The standard InChI is InChI=1S/C18H17ClN2O3/c1-2-9-24-17(11-5-3-4-6-13(11)19)15-10-14-16(21-15)12(18(22)23)7-8-20-14/h3-8,10,17,21H,2,9H2,1H3,(H,22,23)/t17-/m1/s1. The fraction of sp³-hybridized carbons (Fsp3) is 0.222. The first-order valence-electron chi connectivity index (χ1n) is 7.68. The Hall–Kier alpha value is -2.37. The molecular formula is C18H17ClN2O3. The molecule has 0 saturated heterocycles. The molecule has 0 aliphatic carbocycles. The topological polar surface area (TPSA) is 75.2 Å². The molecule has 0 radical (unpaired) electrons. The van der Waals surface area contributed by atoms with Gasteiger partial charge in [-0.1, -0.05) is 36.7 Å². The minimum atomic E-state index is -1.00. The quantitative estimate of drug-likeness (QED) is 0.693. The van der Waals surface area contributed by atoms with E-state index in [1.165, 1.54) is 12.3 Å². The van der Waals surface area contributed by atoms with E-state index in [0.29, 0.717) is 22.7 Å². The summed E-state index contributed by atoms with van der Waals surface area (Å²) in [5, 5.41) is 9.93. The molecule has 0 bridgehead atoms. The lowest BCUT2D eigenvalue weighted by atomic mass is 10.1. The monoisotopic (exact) mass is 344 g/mol. The van der Waals surface area contributed by atoms with Gasteiger partial charge >= 0.3 is 5.97 Å². The Kier molecular flexibility index (Phi) is 4.83. The summed E-state index contributed by atoms with van der Waals surface area (Å²) in [5.41, 5.74) is 2.81. The minimum absolute atomic E-state index is 0.180. The molecule has 0 spiro atoms. The summed E-state index contributed by atoms with van der Waals surface area (Å²) >= 11 is 6.32. The van der Waals surface area contributed by atoms with E-state index in [9.17, 15) is 9.90 Å². The highest BCUT2D eigenvalue weighted by molar-refractivity contribution is 6.31. The summed E-state index contributed by atoms with van der Waals surface area (Å²) < 4.78 is 5.98. The summed E-state index contributed by atoms with van der Waals surface area (Å²) in [7, 11) is 0. The number of hydrogen-bond donors (Lipinski definition) is 2. The van der Waals surface area contributed by atoms with E-state index in [1.807, 2.05) is 37.3 Å². The highest BCUT2D eigenvalue weighted by atomic mass is 35.5. The number of aromatic carboxylic acids is 1. The molecule has 2 aromatic heterocycles. The second kappa shape index (κ2) is 7.03. The van der Waals surface area contributed by atoms with Crippen LogP contribution in [0.5, 0.6) is 0 Å². The number of halogens is 1. The molecule has 0 unspecified atom stereocenters. The van der Waals surface area contributed by atoms with E-state index >= 15 is 0 Å². The molecular weight excluding hydrogens is 328 g/mol. The normalized spacial score (nSPS) is 12.4. The van der Waals surface area contributed by atoms with Crippen LogP contribution in [0.15, 0.2) is 42.6 Å². The van der Waals surface area contributed by atoms with Crippen LogP contribution in [0.25, 0.3) is 11.0 Å². The smallest absolute Gasteiger partial charge is 0.337 e. The van der Waals surface area contributed by atoms with E-state index in [-0.39, 0.29) is 5.56 Å². The first kappa shape index (κ1) is 16.5. The van der Waals surface area contributed by atoms with E-state index in [4.69, 9.17) is 16.3 Å². The van der Waals surface area contributed by atoms with Gasteiger partial charge in [0.2, 0.25) is 0 Å². The summed E-state index contributed by atoms with van der Waals surface area (Å²) in [6.07, 6.45) is 1.94. The largest absolute Gasteiger partial charge is 0.478 e. The number of nitrogens with zero attached hydrogens (tertiary/aromatic N) is 1. The molecule has 0 amide bonds. The maximum atomic E-state index is 11.4. The predicted molar refractivity (Wildman–Crippen MR) is 92.6 cm³/mol. The highest BCUT2D eigenvalue weighted by Gasteiger charge is 2.21. The average Bonchev–Trinajstić information content (AvgIpc) is 3.00. The van der Waals surface area contributed by atoms with Crippen LogP contribution in [0.4, 0.5) is 0 Å². The number of ether oxygens (including phenoxy) is 1. The molecule has 124 valence electrons. The van der Waals surface area contributed by atoms with Crippen LogP contribution >= 0.6 is 11.6 Å². The molecule has 3 aromatic rings. The fourth-order valence-corrected chi connectivity index (χ4v) is 2.87. The van der Waals surface area contributed by atoms with Gasteiger partial charge in [-0.05, 0) is 24.6 Å². The molecule has 0 aliphatic rings. The van der Waals surface area contributed by atoms with Crippen LogP contribution in [0.3, 0.4) is 0 Å². The minimum Gasteiger partial charge on any atom is -0.478 e. The number of rotatable bonds is 6. The Morgan fingerprint density at radius 3 is 2.88 bits per heavy atom. The van der Waals surface area contributed by atoms with Crippen LogP contribution in [0.2, 0.25) is 5.02 Å². The first-order valence-corrected chi connectivity index (χ1v) is 8.06. The average molecular weight is 345 g/mol. The maximum Gasteiger partial charge on any atom is 0.337 e. The fourth-order valence-electron chi connectivity index (χ4n) is 2.64. The SMILES string of the molecule is CCCO[C@@H](c1cc2nccc(C(=O)O)c2[nH]1)c1ccccc1Cl. The maximum absolute atomic E-state index is 11.4. The van der Waals surface area contributed by atoms with Crippen molar-refractivity contribution in [2.75, 3.05) is 6.61 Å². The van der Waals surface area contributed by atoms with Crippen LogP contribution < -0.4 is 0 Å². The van der Waals surface area contributed by atoms with Gasteiger partial charge in [-0.3, -0.25) is 4.98 Å². The molecule has 24 heavy (non-hydrogen) atoms. The second-order valence-corrected chi connectivity index (χ2v) is 5.83. The molecule has 3 rings (SSSR count). The van der Waals surface area contributed by atoms with Gasteiger partial charge in [-0.2, -0.15) is 0 Å². The van der Waals surface area contributed by atoms with Gasteiger partial charge in [0.05, 0.1) is 22.3 Å². The number of aromatic amines is 1. The number of pyridine rings is 1. The van der Waals surface area contributed by atoms with Crippen molar-refractivity contribution in [2.24, 2.45) is 0 Å². The lowest BCUT2D eigenvalue weighted by molar-refractivity contribution is 0.0698. The van der Waals surface area contributed by atoms with Crippen LogP contribution in [-0.2, 0) is 4.74 Å². The van der Waals surface area contributed by atoms with Crippen molar-refractivity contribution in [3.8, 4) is 0 Å². The van der Waals surface area contributed by atoms with Gasteiger partial charge < -0.3 is 14.8 Å². The number of hydrogen-bond acceptors (Lipinski definition) is 3. The van der Waals surface area contributed by atoms with Gasteiger partial charge in [-0.25, -0.2) is 4.79 Å². The van der Waals surface area contributed by atoms with Gasteiger partial charge in [-0.15, -0.1) is 0 Å². The van der Waals surface area contributed by atoms with E-state index in [1.54, 1.807) is 0 Å². The lowest BCUT2D eigenvalue weighted by Gasteiger charge is -2.18. The second-order valence-electron chi connectivity index (χ2n) is 5.42. The van der Waals surface area contributed by atoms with Crippen molar-refractivity contribution in [3.63, 3.8) is 0 Å². The Bertz CT molecular complexity index is 876. The van der Waals surface area contributed by atoms with E-state index in [2.05, 4.69) is 9.97 Å². The Balaban J connectivity index is 2.11. The van der Waals surface area contributed by atoms with Crippen LogP contribution in [-0.4, -0.2) is 27.7 Å². The van der Waals surface area contributed by atoms with Crippen molar-refractivity contribution in [2.45, 2.75) is 19.4 Å². The van der Waals surface area contributed by atoms with E-state index in [0.717, 1.165) is 17.7 Å². The predicted octanol–water partition coefficient (Wildman–Crippen LogP) is 4.43. The molecule has 0 aliphatic heterocycles. The zero-order valence-electron chi connectivity index (χ0n) is 13.1. The zero-order valence-corrected chi connectivity index (χ0v) is 13.9. The molecule has 2 N–H and O–H groups in total. The molecule has 0 saturated carbocycles. The molecule has 1 aromatic carbocycles. The zero-order chi connectivity index (χ0) is 17.1. The molecule has 2 heterocycles. The highest BCUT2D eigenvalue weighted by Crippen LogP contribution is 2.33. The molecule has 0 fully saturated rings. The van der Waals surface area contributed by atoms with Gasteiger partial charge in [0, 0.05) is 23.4 Å². The van der Waals surface area contributed by atoms with Crippen LogP contribution in [0.1, 0.15) is 41.1 Å². The Labute approximate surface area is 144 Å². The summed E-state index contributed by atoms with van der Waals surface area (Å²) in [4.78, 5) is 18.8. The molecule has 1 atom stereocenters. The van der Waals surface area contributed by atoms with Crippen LogP contribution in [0, 0.1) is 0 Å². The van der Waals surface area contributed by atoms with Gasteiger partial charge in [0.1, 0.15) is 6.10 Å². The van der Waals surface area contributed by atoms with E-state index < -0.39 is 12.1 Å². The number of carboxylic acids is 1. The molecule has 6 heteroatoms. The lowest BCUT2D eigenvalue weighted by Crippen LogP contribution is -2.08. The van der Waals surface area contributed by atoms with Crippen molar-refractivity contribution in [1.82, 2.24) is 9.97 Å². The number of fused-ring (bicyclic) bond motifs is 1. The first-order chi connectivity index (χ1) is 11.6. The number of carboxylic acid groups (broad SMARTS) is 1. The van der Waals surface area contributed by atoms with Gasteiger partial charge in [0.15, 0.2) is 0 Å². The third kappa shape index (κ3) is 3.13. The summed E-state index contributed by atoms with van der Waals surface area (Å²) in [6, 6.07) is 10.8. The van der Waals surface area contributed by atoms with Crippen molar-refractivity contribution >= 4 is 28.6 Å². The number of H-pyrrole nitrogens is 1. The third-order valence-electron chi connectivity index (χ3n) is 3.73.